The monoisotopic (exact) mass is 247 g/mol. The first kappa shape index (κ1) is 12.0. The number of aryl methyl sites for hydroxylation is 1. The third-order valence-corrected chi connectivity index (χ3v) is 4.05. The first-order valence-corrected chi connectivity index (χ1v) is 6.84. The summed E-state index contributed by atoms with van der Waals surface area (Å²) in [5.74, 6) is 1.47. The minimum absolute atomic E-state index is 0.0978. The van der Waals surface area contributed by atoms with Crippen molar-refractivity contribution in [3.05, 3.63) is 29.3 Å². The van der Waals surface area contributed by atoms with Crippen molar-refractivity contribution in [2.45, 2.75) is 38.3 Å². The zero-order valence-corrected chi connectivity index (χ0v) is 10.9. The van der Waals surface area contributed by atoms with Crippen LogP contribution < -0.4 is 10.5 Å². The first-order chi connectivity index (χ1) is 8.74. The molecule has 0 amide bonds. The van der Waals surface area contributed by atoms with Crippen LogP contribution in [0.15, 0.2) is 18.2 Å². The van der Waals surface area contributed by atoms with Gasteiger partial charge in [-0.3, -0.25) is 0 Å². The number of hydrogen-bond acceptors (Lipinski definition) is 3. The maximum absolute atomic E-state index is 6.29. The van der Waals surface area contributed by atoms with Crippen molar-refractivity contribution in [3.63, 3.8) is 0 Å². The van der Waals surface area contributed by atoms with Crippen LogP contribution in [-0.2, 0) is 4.74 Å². The lowest BCUT2D eigenvalue weighted by Gasteiger charge is -2.36. The number of fused-ring (bicyclic) bond motifs is 1. The van der Waals surface area contributed by atoms with Crippen molar-refractivity contribution in [2.24, 2.45) is 11.7 Å². The van der Waals surface area contributed by atoms with Crippen molar-refractivity contribution in [1.29, 1.82) is 0 Å². The molecule has 2 unspecified atom stereocenters. The molecule has 98 valence electrons. The summed E-state index contributed by atoms with van der Waals surface area (Å²) < 4.78 is 11.7. The quantitative estimate of drug-likeness (QED) is 0.829. The van der Waals surface area contributed by atoms with Gasteiger partial charge in [0.1, 0.15) is 11.9 Å². The van der Waals surface area contributed by atoms with Crippen molar-refractivity contribution in [3.8, 4) is 5.75 Å². The fourth-order valence-electron chi connectivity index (χ4n) is 3.00. The molecule has 2 aliphatic heterocycles. The van der Waals surface area contributed by atoms with Crippen LogP contribution in [0.2, 0.25) is 0 Å². The molecule has 18 heavy (non-hydrogen) atoms. The third-order valence-electron chi connectivity index (χ3n) is 4.05. The Morgan fingerprint density at radius 2 is 2.22 bits per heavy atom. The van der Waals surface area contributed by atoms with Crippen LogP contribution in [-0.4, -0.2) is 19.3 Å². The third kappa shape index (κ3) is 2.25. The van der Waals surface area contributed by atoms with E-state index in [1.54, 1.807) is 0 Å². The van der Waals surface area contributed by atoms with E-state index in [1.165, 1.54) is 12.0 Å². The molecule has 1 aromatic rings. The lowest BCUT2D eigenvalue weighted by Crippen LogP contribution is -2.39. The second-order valence-corrected chi connectivity index (χ2v) is 5.52. The molecule has 2 heterocycles. The minimum Gasteiger partial charge on any atom is -0.490 e. The smallest absolute Gasteiger partial charge is 0.124 e. The van der Waals surface area contributed by atoms with Crippen LogP contribution in [0.5, 0.6) is 5.75 Å². The Balaban J connectivity index is 1.80. The van der Waals surface area contributed by atoms with E-state index in [-0.39, 0.29) is 12.1 Å². The molecule has 2 aliphatic rings. The zero-order valence-electron chi connectivity index (χ0n) is 10.9. The van der Waals surface area contributed by atoms with Gasteiger partial charge in [0, 0.05) is 30.6 Å². The van der Waals surface area contributed by atoms with Gasteiger partial charge < -0.3 is 15.2 Å². The van der Waals surface area contributed by atoms with Gasteiger partial charge in [-0.25, -0.2) is 0 Å². The molecule has 0 bridgehead atoms. The summed E-state index contributed by atoms with van der Waals surface area (Å²) in [5, 5.41) is 0. The second kappa shape index (κ2) is 4.90. The van der Waals surface area contributed by atoms with E-state index >= 15 is 0 Å². The van der Waals surface area contributed by atoms with E-state index in [9.17, 15) is 0 Å². The number of hydrogen-bond donors (Lipinski definition) is 1. The average Bonchev–Trinajstić information content (AvgIpc) is 2.40. The number of benzene rings is 1. The van der Waals surface area contributed by atoms with E-state index in [4.69, 9.17) is 15.2 Å². The van der Waals surface area contributed by atoms with Gasteiger partial charge in [-0.2, -0.15) is 0 Å². The van der Waals surface area contributed by atoms with Gasteiger partial charge in [0.25, 0.3) is 0 Å². The maximum Gasteiger partial charge on any atom is 0.124 e. The Kier molecular flexibility index (Phi) is 3.27. The van der Waals surface area contributed by atoms with E-state index < -0.39 is 0 Å². The highest BCUT2D eigenvalue weighted by Gasteiger charge is 2.32. The first-order valence-electron chi connectivity index (χ1n) is 6.84. The van der Waals surface area contributed by atoms with Crippen LogP contribution in [0, 0.1) is 12.8 Å². The molecular weight excluding hydrogens is 226 g/mol. The average molecular weight is 247 g/mol. The van der Waals surface area contributed by atoms with E-state index in [0.29, 0.717) is 5.92 Å². The highest BCUT2D eigenvalue weighted by Crippen LogP contribution is 2.37. The van der Waals surface area contributed by atoms with Gasteiger partial charge in [-0.1, -0.05) is 17.7 Å². The van der Waals surface area contributed by atoms with E-state index in [0.717, 1.165) is 37.4 Å². The molecule has 0 spiro atoms. The highest BCUT2D eigenvalue weighted by atomic mass is 16.5. The number of ether oxygens (including phenoxy) is 2. The SMILES string of the molecule is Cc1ccc2c(c1)[C@H](N)CC(C1CCCOC1)O2. The summed E-state index contributed by atoms with van der Waals surface area (Å²) in [7, 11) is 0. The number of nitrogens with two attached hydrogens (primary N) is 1. The summed E-state index contributed by atoms with van der Waals surface area (Å²) in [4.78, 5) is 0. The van der Waals surface area contributed by atoms with Gasteiger partial charge in [-0.15, -0.1) is 0 Å². The van der Waals surface area contributed by atoms with Crippen LogP contribution in [0.1, 0.15) is 36.4 Å². The standard InChI is InChI=1S/C15H21NO2/c1-10-4-5-14-12(7-10)13(16)8-15(18-14)11-3-2-6-17-9-11/h4-5,7,11,13,15H,2-3,6,8-9,16H2,1H3/t11?,13-,15?/m1/s1. The molecular formula is C15H21NO2. The summed E-state index contributed by atoms with van der Waals surface area (Å²) in [6.07, 6.45) is 3.46. The normalized spacial score (nSPS) is 31.6. The summed E-state index contributed by atoms with van der Waals surface area (Å²) in [6.45, 7) is 3.80. The largest absolute Gasteiger partial charge is 0.490 e. The van der Waals surface area contributed by atoms with Crippen molar-refractivity contribution in [1.82, 2.24) is 0 Å². The molecule has 1 fully saturated rings. The summed E-state index contributed by atoms with van der Waals surface area (Å²) >= 11 is 0. The van der Waals surface area contributed by atoms with Gasteiger partial charge in [0.2, 0.25) is 0 Å². The lowest BCUT2D eigenvalue weighted by molar-refractivity contribution is -0.00924. The van der Waals surface area contributed by atoms with Crippen LogP contribution in [0.3, 0.4) is 0 Å². The highest BCUT2D eigenvalue weighted by molar-refractivity contribution is 5.40. The molecule has 2 N–H and O–H groups in total. The molecule has 3 heteroatoms. The topological polar surface area (TPSA) is 44.5 Å². The van der Waals surface area contributed by atoms with Gasteiger partial charge >= 0.3 is 0 Å². The van der Waals surface area contributed by atoms with E-state index in [2.05, 4.69) is 25.1 Å². The maximum atomic E-state index is 6.29. The van der Waals surface area contributed by atoms with Gasteiger partial charge in [0.15, 0.2) is 0 Å². The Hall–Kier alpha value is -1.06. The molecule has 0 aromatic heterocycles. The molecule has 0 radical (unpaired) electrons. The fraction of sp³-hybridized carbons (Fsp3) is 0.600. The second-order valence-electron chi connectivity index (χ2n) is 5.52. The summed E-state index contributed by atoms with van der Waals surface area (Å²) in [6, 6.07) is 6.39. The predicted molar refractivity (Wildman–Crippen MR) is 70.7 cm³/mol. The van der Waals surface area contributed by atoms with E-state index in [1.807, 2.05) is 0 Å². The minimum atomic E-state index is 0.0978. The molecule has 1 saturated heterocycles. The summed E-state index contributed by atoms with van der Waals surface area (Å²) in [5.41, 5.74) is 8.69. The molecule has 0 saturated carbocycles. The molecule has 3 rings (SSSR count). The molecule has 3 nitrogen and oxygen atoms in total. The van der Waals surface area contributed by atoms with Crippen molar-refractivity contribution in [2.75, 3.05) is 13.2 Å². The van der Waals surface area contributed by atoms with Gasteiger partial charge in [-0.05, 0) is 25.8 Å². The van der Waals surface area contributed by atoms with Crippen LogP contribution in [0.25, 0.3) is 0 Å². The van der Waals surface area contributed by atoms with Crippen molar-refractivity contribution < 1.29 is 9.47 Å². The Morgan fingerprint density at radius 1 is 1.33 bits per heavy atom. The van der Waals surface area contributed by atoms with Crippen molar-refractivity contribution >= 4 is 0 Å². The Labute approximate surface area is 108 Å². The zero-order chi connectivity index (χ0) is 12.5. The predicted octanol–water partition coefficient (Wildman–Crippen LogP) is 2.57. The van der Waals surface area contributed by atoms with Crippen LogP contribution in [0.4, 0.5) is 0 Å². The molecule has 0 aliphatic carbocycles. The van der Waals surface area contributed by atoms with Crippen LogP contribution >= 0.6 is 0 Å². The molecule has 3 atom stereocenters. The Morgan fingerprint density at radius 3 is 3.00 bits per heavy atom. The molecule has 1 aromatic carbocycles. The fourth-order valence-corrected chi connectivity index (χ4v) is 3.00. The number of rotatable bonds is 1. The van der Waals surface area contributed by atoms with Gasteiger partial charge in [0.05, 0.1) is 6.61 Å². The lowest BCUT2D eigenvalue weighted by atomic mass is 9.87. The Bertz CT molecular complexity index is 427.